The molecule has 1 saturated carbocycles. The summed E-state index contributed by atoms with van der Waals surface area (Å²) >= 11 is 0. The van der Waals surface area contributed by atoms with E-state index in [1.165, 1.54) is 0 Å². The summed E-state index contributed by atoms with van der Waals surface area (Å²) in [6, 6.07) is 7.72. The van der Waals surface area contributed by atoms with Crippen LogP contribution in [0.2, 0.25) is 0 Å². The first kappa shape index (κ1) is 21.4. The number of hydrogen-bond acceptors (Lipinski definition) is 7. The molecule has 6 heterocycles. The average molecular weight is 491 g/mol. The molecule has 182 valence electrons. The summed E-state index contributed by atoms with van der Waals surface area (Å²) in [5, 5.41) is 11.3. The summed E-state index contributed by atoms with van der Waals surface area (Å²) in [6.45, 7) is 0. The topological polar surface area (TPSA) is 138 Å². The highest BCUT2D eigenvalue weighted by molar-refractivity contribution is 5.96. The molecule has 1 amide bonds. The van der Waals surface area contributed by atoms with Crippen molar-refractivity contribution in [1.29, 1.82) is 0 Å². The fourth-order valence-electron chi connectivity index (χ4n) is 5.01. The van der Waals surface area contributed by atoms with E-state index >= 15 is 0 Å². The van der Waals surface area contributed by atoms with E-state index in [1.54, 1.807) is 37.3 Å². The Morgan fingerprint density at radius 3 is 2.76 bits per heavy atom. The maximum Gasteiger partial charge on any atom is 0.227 e. The van der Waals surface area contributed by atoms with Gasteiger partial charge < -0.3 is 14.7 Å². The fraction of sp³-hybridized carbons (Fsp3) is 0.185. The number of fused-ring (bicyclic) bond motifs is 2. The van der Waals surface area contributed by atoms with E-state index in [1.807, 2.05) is 24.3 Å². The number of imidazole rings is 1. The quantitative estimate of drug-likeness (QED) is 0.296. The van der Waals surface area contributed by atoms with Crippen LogP contribution in [-0.4, -0.2) is 41.0 Å². The fourth-order valence-corrected chi connectivity index (χ4v) is 5.01. The smallest absolute Gasteiger partial charge is 0.227 e. The van der Waals surface area contributed by atoms with Crippen LogP contribution < -0.4 is 5.32 Å². The van der Waals surface area contributed by atoms with E-state index in [4.69, 9.17) is 9.40 Å². The summed E-state index contributed by atoms with van der Waals surface area (Å²) in [6.07, 6.45) is 14.4. The number of aromatic amines is 2. The zero-order valence-corrected chi connectivity index (χ0v) is 19.7. The number of carbonyl (C=O) groups is 1. The molecule has 0 unspecified atom stereocenters. The molecular formula is C27H22N8O2. The van der Waals surface area contributed by atoms with Crippen molar-refractivity contribution in [1.82, 2.24) is 35.1 Å². The standard InChI is InChI=1S/C27H22N8O2/c36-27(15-3-1-2-4-15)31-19-9-17(11-28-13-19)18-10-21-23(34-35-24(21)30-12-18)26-32-22-20(16-6-8-37-14-16)5-7-29-25(22)33-26/h5-15H,1-4H2,(H,31,36)(H,29,32,33)(H,30,34,35). The molecule has 1 fully saturated rings. The molecule has 37 heavy (non-hydrogen) atoms. The van der Waals surface area contributed by atoms with Crippen molar-refractivity contribution in [3.63, 3.8) is 0 Å². The number of nitrogens with zero attached hydrogens (tertiary/aromatic N) is 5. The molecule has 10 heteroatoms. The zero-order chi connectivity index (χ0) is 24.8. The third kappa shape index (κ3) is 3.83. The molecule has 6 aromatic heterocycles. The van der Waals surface area contributed by atoms with Crippen molar-refractivity contribution >= 4 is 33.8 Å². The first-order chi connectivity index (χ1) is 18.2. The van der Waals surface area contributed by atoms with E-state index in [9.17, 15) is 4.79 Å². The van der Waals surface area contributed by atoms with Gasteiger partial charge in [0.05, 0.1) is 29.8 Å². The molecule has 0 spiro atoms. The van der Waals surface area contributed by atoms with Crippen molar-refractivity contribution in [2.75, 3.05) is 5.32 Å². The number of nitrogens with one attached hydrogen (secondary N) is 3. The largest absolute Gasteiger partial charge is 0.472 e. The molecule has 3 N–H and O–H groups in total. The number of aromatic nitrogens is 7. The molecule has 0 saturated heterocycles. The van der Waals surface area contributed by atoms with Gasteiger partial charge in [-0.25, -0.2) is 15.0 Å². The first-order valence-electron chi connectivity index (χ1n) is 12.2. The second-order valence-corrected chi connectivity index (χ2v) is 9.28. The lowest BCUT2D eigenvalue weighted by Gasteiger charge is -2.11. The maximum absolute atomic E-state index is 12.6. The summed E-state index contributed by atoms with van der Waals surface area (Å²) in [5.74, 6) is 0.734. The molecular weight excluding hydrogens is 468 g/mol. The van der Waals surface area contributed by atoms with Crippen LogP contribution in [0.5, 0.6) is 0 Å². The Labute approximate surface area is 210 Å². The molecule has 7 rings (SSSR count). The molecule has 6 aromatic rings. The van der Waals surface area contributed by atoms with Crippen molar-refractivity contribution in [2.24, 2.45) is 5.92 Å². The SMILES string of the molecule is O=C(Nc1cncc(-c2cnc3[nH]nc(-c4nc5c(-c6ccoc6)ccnc5[nH]4)c3c2)c1)C1CCCC1. The maximum atomic E-state index is 12.6. The summed E-state index contributed by atoms with van der Waals surface area (Å²) in [7, 11) is 0. The normalized spacial score (nSPS) is 14.1. The number of anilines is 1. The number of carbonyl (C=O) groups excluding carboxylic acids is 1. The summed E-state index contributed by atoms with van der Waals surface area (Å²) in [5.41, 5.74) is 6.89. The third-order valence-corrected chi connectivity index (χ3v) is 6.92. The summed E-state index contributed by atoms with van der Waals surface area (Å²) in [4.78, 5) is 34.1. The number of amides is 1. The second-order valence-electron chi connectivity index (χ2n) is 9.28. The van der Waals surface area contributed by atoms with E-state index in [0.29, 0.717) is 28.5 Å². The van der Waals surface area contributed by atoms with Crippen LogP contribution in [0.15, 0.2) is 66.0 Å². The number of furan rings is 1. The Morgan fingerprint density at radius 2 is 1.89 bits per heavy atom. The monoisotopic (exact) mass is 490 g/mol. The van der Waals surface area contributed by atoms with Gasteiger partial charge in [-0.2, -0.15) is 5.10 Å². The number of hydrogen-bond donors (Lipinski definition) is 3. The predicted octanol–water partition coefficient (Wildman–Crippen LogP) is 5.35. The van der Waals surface area contributed by atoms with Crippen LogP contribution >= 0.6 is 0 Å². The van der Waals surface area contributed by atoms with Crippen molar-refractivity contribution in [3.8, 4) is 33.8 Å². The Balaban J connectivity index is 1.25. The Kier molecular flexibility index (Phi) is 5.02. The van der Waals surface area contributed by atoms with Gasteiger partial charge in [-0.05, 0) is 37.1 Å². The molecule has 0 bridgehead atoms. The lowest BCUT2D eigenvalue weighted by Crippen LogP contribution is -2.20. The Bertz CT molecular complexity index is 1750. The molecule has 1 aliphatic carbocycles. The van der Waals surface area contributed by atoms with Crippen LogP contribution in [0.4, 0.5) is 5.69 Å². The zero-order valence-electron chi connectivity index (χ0n) is 19.7. The van der Waals surface area contributed by atoms with Crippen LogP contribution in [-0.2, 0) is 4.79 Å². The van der Waals surface area contributed by atoms with Crippen LogP contribution in [0.25, 0.3) is 56.0 Å². The average Bonchev–Trinajstić information content (AvgIpc) is 3.74. The summed E-state index contributed by atoms with van der Waals surface area (Å²) < 4.78 is 5.25. The van der Waals surface area contributed by atoms with Gasteiger partial charge in [0.15, 0.2) is 17.1 Å². The van der Waals surface area contributed by atoms with Crippen LogP contribution in [0, 0.1) is 5.92 Å². The van der Waals surface area contributed by atoms with Crippen LogP contribution in [0.1, 0.15) is 25.7 Å². The van der Waals surface area contributed by atoms with Gasteiger partial charge in [-0.15, -0.1) is 0 Å². The van der Waals surface area contributed by atoms with Gasteiger partial charge in [0, 0.05) is 46.8 Å². The van der Waals surface area contributed by atoms with Crippen molar-refractivity contribution in [2.45, 2.75) is 25.7 Å². The van der Waals surface area contributed by atoms with Crippen molar-refractivity contribution < 1.29 is 9.21 Å². The van der Waals surface area contributed by atoms with E-state index in [2.05, 4.69) is 35.5 Å². The van der Waals surface area contributed by atoms with Gasteiger partial charge in [-0.1, -0.05) is 12.8 Å². The molecule has 0 aliphatic heterocycles. The Hall–Kier alpha value is -4.86. The molecule has 0 atom stereocenters. The van der Waals surface area contributed by atoms with E-state index in [-0.39, 0.29) is 11.8 Å². The molecule has 10 nitrogen and oxygen atoms in total. The van der Waals surface area contributed by atoms with Gasteiger partial charge in [0.25, 0.3) is 0 Å². The van der Waals surface area contributed by atoms with E-state index in [0.717, 1.165) is 58.8 Å². The lowest BCUT2D eigenvalue weighted by molar-refractivity contribution is -0.119. The van der Waals surface area contributed by atoms with Gasteiger partial charge in [-0.3, -0.25) is 14.9 Å². The van der Waals surface area contributed by atoms with Gasteiger partial charge >= 0.3 is 0 Å². The highest BCUT2D eigenvalue weighted by atomic mass is 16.3. The third-order valence-electron chi connectivity index (χ3n) is 6.92. The van der Waals surface area contributed by atoms with Gasteiger partial charge in [0.1, 0.15) is 11.2 Å². The first-order valence-corrected chi connectivity index (χ1v) is 12.2. The van der Waals surface area contributed by atoms with Gasteiger partial charge in [0.2, 0.25) is 5.91 Å². The number of pyridine rings is 3. The molecule has 0 radical (unpaired) electrons. The van der Waals surface area contributed by atoms with Crippen molar-refractivity contribution in [3.05, 3.63) is 61.6 Å². The second kappa shape index (κ2) is 8.66. The Morgan fingerprint density at radius 1 is 1.00 bits per heavy atom. The minimum Gasteiger partial charge on any atom is -0.472 e. The molecule has 0 aromatic carbocycles. The number of H-pyrrole nitrogens is 2. The predicted molar refractivity (Wildman–Crippen MR) is 138 cm³/mol. The highest BCUT2D eigenvalue weighted by Crippen LogP contribution is 2.32. The minimum atomic E-state index is 0.0652. The van der Waals surface area contributed by atoms with E-state index < -0.39 is 0 Å². The highest BCUT2D eigenvalue weighted by Gasteiger charge is 2.23. The minimum absolute atomic E-state index is 0.0652. The van der Waals surface area contributed by atoms with Crippen LogP contribution in [0.3, 0.4) is 0 Å². The lowest BCUT2D eigenvalue weighted by atomic mass is 10.1. The molecule has 1 aliphatic rings. The number of rotatable bonds is 5.